The maximum absolute atomic E-state index is 12.5. The van der Waals surface area contributed by atoms with E-state index in [1.807, 2.05) is 0 Å². The molecule has 0 saturated heterocycles. The van der Waals surface area contributed by atoms with Crippen LogP contribution < -0.4 is 4.72 Å². The zero-order valence-electron chi connectivity index (χ0n) is 9.59. The third kappa shape index (κ3) is 4.63. The highest BCUT2D eigenvalue weighted by molar-refractivity contribution is 7.90. The van der Waals surface area contributed by atoms with Crippen LogP contribution in [0.25, 0.3) is 0 Å². The minimum absolute atomic E-state index is 0.125. The van der Waals surface area contributed by atoms with E-state index in [2.05, 4.69) is 0 Å². The van der Waals surface area contributed by atoms with E-state index in [1.165, 1.54) is 14.1 Å². The normalized spacial score (nSPS) is 14.9. The number of rotatable bonds is 6. The molecule has 5 nitrogen and oxygen atoms in total. The average molecular weight is 300 g/mol. The molecule has 0 bridgehead atoms. The van der Waals surface area contributed by atoms with E-state index in [9.17, 15) is 35.6 Å². The topological polar surface area (TPSA) is 69.2 Å². The number of nitrogens with zero attached hydrogens (tertiary/aromatic N) is 1. The molecule has 0 fully saturated rings. The van der Waals surface area contributed by atoms with Crippen LogP contribution in [0.1, 0.15) is 6.42 Å². The third-order valence-corrected chi connectivity index (χ3v) is 3.32. The number of halogens is 5. The van der Waals surface area contributed by atoms with Crippen molar-refractivity contribution in [3.63, 3.8) is 0 Å². The second-order valence-corrected chi connectivity index (χ2v) is 5.87. The van der Waals surface area contributed by atoms with Crippen LogP contribution in [0.15, 0.2) is 0 Å². The van der Waals surface area contributed by atoms with Gasteiger partial charge in [-0.3, -0.25) is 0 Å². The quantitative estimate of drug-likeness (QED) is 0.345. The molecule has 0 aliphatic rings. The molecule has 11 heteroatoms. The fourth-order valence-electron chi connectivity index (χ4n) is 0.909. The van der Waals surface area contributed by atoms with Gasteiger partial charge in [0.2, 0.25) is 0 Å². The Morgan fingerprint density at radius 3 is 1.94 bits per heavy atom. The highest BCUT2D eigenvalue weighted by atomic mass is 32.2. The zero-order chi connectivity index (χ0) is 14.8. The molecule has 0 saturated carbocycles. The van der Waals surface area contributed by atoms with Gasteiger partial charge in [-0.25, -0.2) is 13.1 Å². The highest BCUT2D eigenvalue weighted by Crippen LogP contribution is 2.39. The minimum atomic E-state index is -6.19. The van der Waals surface area contributed by atoms with Crippen molar-refractivity contribution in [1.82, 2.24) is 4.72 Å². The number of alkyl halides is 5. The number of hydroxylamine groups is 3. The molecule has 0 unspecified atom stereocenters. The minimum Gasteiger partial charge on any atom is -0.633 e. The molecule has 0 spiro atoms. The predicted molar refractivity (Wildman–Crippen MR) is 52.9 cm³/mol. The standard InChI is InChI=1S/C7H13F5N2O3S/c1-14(2,15)5-3-4-13-18(16,17)7(11,12)6(8,9)10/h13H,3-5H2,1-2H3. The van der Waals surface area contributed by atoms with Crippen molar-refractivity contribution in [2.24, 2.45) is 0 Å². The van der Waals surface area contributed by atoms with Crippen LogP contribution in [-0.2, 0) is 10.0 Å². The van der Waals surface area contributed by atoms with Crippen molar-refractivity contribution in [3.05, 3.63) is 5.21 Å². The van der Waals surface area contributed by atoms with E-state index in [0.29, 0.717) is 0 Å². The number of nitrogens with one attached hydrogen (secondary N) is 1. The summed E-state index contributed by atoms with van der Waals surface area (Å²) < 4.78 is 82.3. The second kappa shape index (κ2) is 5.23. The second-order valence-electron chi connectivity index (χ2n) is 4.06. The summed E-state index contributed by atoms with van der Waals surface area (Å²) in [5.74, 6) is 0. The fraction of sp³-hybridized carbons (Fsp3) is 1.00. The van der Waals surface area contributed by atoms with Gasteiger partial charge in [-0.05, 0) is 0 Å². The molecule has 0 aromatic carbocycles. The Bertz CT molecular complexity index is 374. The van der Waals surface area contributed by atoms with Gasteiger partial charge in [-0.15, -0.1) is 0 Å². The first kappa shape index (κ1) is 17.5. The summed E-state index contributed by atoms with van der Waals surface area (Å²) in [4.78, 5) is 0. The summed E-state index contributed by atoms with van der Waals surface area (Å²) in [5, 5.41) is 5.16. The first-order chi connectivity index (χ1) is 7.71. The first-order valence-electron chi connectivity index (χ1n) is 4.68. The number of hydrogen-bond donors (Lipinski definition) is 1. The smallest absolute Gasteiger partial charge is 0.470 e. The molecule has 0 radical (unpaired) electrons. The molecule has 0 aliphatic carbocycles. The Kier molecular flexibility index (Phi) is 5.08. The van der Waals surface area contributed by atoms with Crippen LogP contribution >= 0.6 is 0 Å². The Morgan fingerprint density at radius 2 is 1.61 bits per heavy atom. The van der Waals surface area contributed by atoms with Crippen LogP contribution in [0.5, 0.6) is 0 Å². The molecule has 0 aliphatic heterocycles. The SMILES string of the molecule is C[N+](C)([O-])CCCNS(=O)(=O)C(F)(F)C(F)(F)F. The molecule has 0 aromatic heterocycles. The maximum Gasteiger partial charge on any atom is 0.470 e. The van der Waals surface area contributed by atoms with E-state index >= 15 is 0 Å². The molecule has 0 heterocycles. The van der Waals surface area contributed by atoms with Gasteiger partial charge < -0.3 is 9.85 Å². The van der Waals surface area contributed by atoms with E-state index in [-0.39, 0.29) is 13.0 Å². The van der Waals surface area contributed by atoms with Crippen molar-refractivity contribution >= 4 is 10.0 Å². The average Bonchev–Trinajstić information content (AvgIpc) is 2.09. The van der Waals surface area contributed by atoms with Gasteiger partial charge in [0.15, 0.2) is 0 Å². The molecule has 0 amide bonds. The van der Waals surface area contributed by atoms with E-state index in [0.717, 1.165) is 4.72 Å². The van der Waals surface area contributed by atoms with Crippen molar-refractivity contribution < 1.29 is 35.0 Å². The van der Waals surface area contributed by atoms with Crippen LogP contribution in [0, 0.1) is 5.21 Å². The van der Waals surface area contributed by atoms with Crippen molar-refractivity contribution in [2.45, 2.75) is 17.9 Å². The molecule has 0 rings (SSSR count). The van der Waals surface area contributed by atoms with Crippen LogP contribution in [0.3, 0.4) is 0 Å². The van der Waals surface area contributed by atoms with Gasteiger partial charge in [0.1, 0.15) is 0 Å². The molecule has 1 N–H and O–H groups in total. The Morgan fingerprint density at radius 1 is 1.17 bits per heavy atom. The molecular formula is C7H13F5N2O3S. The third-order valence-electron chi connectivity index (χ3n) is 1.83. The lowest BCUT2D eigenvalue weighted by Gasteiger charge is -2.33. The van der Waals surface area contributed by atoms with Gasteiger partial charge in [-0.1, -0.05) is 0 Å². The number of sulfonamides is 1. The van der Waals surface area contributed by atoms with E-state index in [1.54, 1.807) is 0 Å². The lowest BCUT2D eigenvalue weighted by atomic mass is 10.4. The largest absolute Gasteiger partial charge is 0.633 e. The number of hydrogen-bond acceptors (Lipinski definition) is 3. The molecule has 18 heavy (non-hydrogen) atoms. The van der Waals surface area contributed by atoms with Crippen LogP contribution in [-0.4, -0.2) is 51.7 Å². The molecule has 110 valence electrons. The first-order valence-corrected chi connectivity index (χ1v) is 6.17. The van der Waals surface area contributed by atoms with Crippen LogP contribution in [0.4, 0.5) is 22.0 Å². The summed E-state index contributed by atoms with van der Waals surface area (Å²) >= 11 is 0. The fourth-order valence-corrected chi connectivity index (χ4v) is 1.81. The monoisotopic (exact) mass is 300 g/mol. The molecular weight excluding hydrogens is 287 g/mol. The van der Waals surface area contributed by atoms with Crippen LogP contribution in [0.2, 0.25) is 0 Å². The van der Waals surface area contributed by atoms with Crippen molar-refractivity contribution in [1.29, 1.82) is 0 Å². The predicted octanol–water partition coefficient (Wildman–Crippen LogP) is 1.03. The number of quaternary nitrogens is 1. The Hall–Kier alpha value is -0.520. The summed E-state index contributed by atoms with van der Waals surface area (Å²) in [6.45, 7) is -0.794. The Balaban J connectivity index is 4.52. The lowest BCUT2D eigenvalue weighted by molar-refractivity contribution is -0.840. The lowest BCUT2D eigenvalue weighted by Crippen LogP contribution is -2.50. The van der Waals surface area contributed by atoms with Gasteiger partial charge in [0.25, 0.3) is 10.0 Å². The molecule has 0 atom stereocenters. The summed E-state index contributed by atoms with van der Waals surface area (Å²) in [6, 6.07) is 0. The van der Waals surface area contributed by atoms with E-state index < -0.39 is 32.6 Å². The van der Waals surface area contributed by atoms with Crippen molar-refractivity contribution in [3.8, 4) is 0 Å². The maximum atomic E-state index is 12.5. The summed E-state index contributed by atoms with van der Waals surface area (Å²) in [7, 11) is -3.41. The van der Waals surface area contributed by atoms with Gasteiger partial charge in [-0.2, -0.15) is 22.0 Å². The van der Waals surface area contributed by atoms with E-state index in [4.69, 9.17) is 0 Å². The molecule has 0 aromatic rings. The highest BCUT2D eigenvalue weighted by Gasteiger charge is 2.67. The summed E-state index contributed by atoms with van der Waals surface area (Å²) in [6.07, 6.45) is -6.35. The van der Waals surface area contributed by atoms with Crippen molar-refractivity contribution in [2.75, 3.05) is 27.2 Å². The Labute approximate surface area is 101 Å². The van der Waals surface area contributed by atoms with Gasteiger partial charge in [0, 0.05) is 13.0 Å². The van der Waals surface area contributed by atoms with Gasteiger partial charge >= 0.3 is 11.4 Å². The van der Waals surface area contributed by atoms with Gasteiger partial charge in [0.05, 0.1) is 20.6 Å². The zero-order valence-corrected chi connectivity index (χ0v) is 10.4. The summed E-state index contributed by atoms with van der Waals surface area (Å²) in [5.41, 5.74) is 0.